The fourth-order valence-electron chi connectivity index (χ4n) is 0.110. The van der Waals surface area contributed by atoms with E-state index in [-0.39, 0.29) is 0 Å². The molecule has 0 aliphatic heterocycles. The Kier molecular flexibility index (Phi) is 17.7. The Hall–Kier alpha value is 1.48. The molecule has 0 spiro atoms. The molecule has 7 heteroatoms. The van der Waals surface area contributed by atoms with Gasteiger partial charge in [-0.05, 0) is 6.92 Å². The van der Waals surface area contributed by atoms with Crippen LogP contribution in [0.2, 0.25) is 0 Å². The maximum atomic E-state index is 9.53. The Labute approximate surface area is 73.3 Å². The fourth-order valence-corrected chi connectivity index (χ4v) is 0.331. The minimum absolute atomic E-state index is 0.297. The van der Waals surface area contributed by atoms with E-state index in [0.29, 0.717) is 6.61 Å². The van der Waals surface area contributed by atoms with Crippen molar-refractivity contribution < 1.29 is 34.8 Å². The van der Waals surface area contributed by atoms with E-state index >= 15 is 0 Å². The predicted molar refractivity (Wildman–Crippen MR) is 33.2 cm³/mol. The van der Waals surface area contributed by atoms with Gasteiger partial charge in [-0.1, -0.05) is 0 Å². The first-order valence-corrected chi connectivity index (χ1v) is 9.40. The van der Waals surface area contributed by atoms with Crippen molar-refractivity contribution in [3.63, 3.8) is 0 Å². The van der Waals surface area contributed by atoms with Gasteiger partial charge in [-0.3, -0.25) is 0 Å². The van der Waals surface area contributed by atoms with Crippen LogP contribution in [0.15, 0.2) is 0 Å². The van der Waals surface area contributed by atoms with Crippen molar-refractivity contribution in [3.8, 4) is 0 Å². The van der Waals surface area contributed by atoms with Gasteiger partial charge in [0, 0.05) is 4.57 Å². The van der Waals surface area contributed by atoms with Crippen molar-refractivity contribution in [3.05, 3.63) is 0 Å². The summed E-state index contributed by atoms with van der Waals surface area (Å²) in [6.45, 7) is 1.95. The average Bonchev–Trinajstić information content (AvgIpc) is 1.67. The number of hydrogen-bond donors (Lipinski definition) is 1. The summed E-state index contributed by atoms with van der Waals surface area (Å²) < 4.78 is 13.6. The zero-order valence-electron chi connectivity index (χ0n) is 4.67. The molecule has 0 bridgehead atoms. The van der Waals surface area contributed by atoms with Crippen LogP contribution >= 0.6 is 25.3 Å². The second kappa shape index (κ2) is 12.2. The van der Waals surface area contributed by atoms with Crippen molar-refractivity contribution in [2.24, 2.45) is 0 Å². The molecule has 0 aromatic rings. The second-order valence-corrected chi connectivity index (χ2v) is 5.19. The third-order valence-electron chi connectivity index (χ3n) is 0.240. The SMILES string of the molecule is CCO[P+](=O)O.[Cl][Zr][Cl]. The molecule has 0 aliphatic rings. The molecule has 0 amide bonds. The summed E-state index contributed by atoms with van der Waals surface area (Å²) in [5, 5.41) is 0. The van der Waals surface area contributed by atoms with Crippen LogP contribution in [-0.4, -0.2) is 11.5 Å². The topological polar surface area (TPSA) is 46.5 Å². The number of hydrogen-bond acceptors (Lipinski definition) is 2. The first-order chi connectivity index (χ1) is 4.18. The van der Waals surface area contributed by atoms with Crippen molar-refractivity contribution in [2.45, 2.75) is 6.92 Å². The predicted octanol–water partition coefficient (Wildman–Crippen LogP) is 2.05. The molecule has 0 aromatic heterocycles. The van der Waals surface area contributed by atoms with Gasteiger partial charge >= 0.3 is 46.1 Å². The molecule has 0 rings (SSSR count). The van der Waals surface area contributed by atoms with Gasteiger partial charge in [0.25, 0.3) is 0 Å². The van der Waals surface area contributed by atoms with Crippen LogP contribution in [0.4, 0.5) is 0 Å². The summed E-state index contributed by atoms with van der Waals surface area (Å²) >= 11 is -0.826. The minimum atomic E-state index is -2.35. The molecule has 1 N–H and O–H groups in total. The van der Waals surface area contributed by atoms with E-state index in [2.05, 4.69) is 4.52 Å². The molecule has 0 radical (unpaired) electrons. The zero-order chi connectivity index (χ0) is 7.70. The first kappa shape index (κ1) is 13.1. The molecule has 0 aliphatic carbocycles. The maximum absolute atomic E-state index is 9.53. The summed E-state index contributed by atoms with van der Waals surface area (Å²) in [5.41, 5.74) is 0. The van der Waals surface area contributed by atoms with Crippen molar-refractivity contribution in [2.75, 3.05) is 6.61 Å². The Morgan fingerprint density at radius 2 is 2.11 bits per heavy atom. The van der Waals surface area contributed by atoms with E-state index in [4.69, 9.17) is 21.9 Å². The van der Waals surface area contributed by atoms with Crippen molar-refractivity contribution in [1.82, 2.24) is 0 Å². The molecule has 0 saturated heterocycles. The van der Waals surface area contributed by atoms with Crippen LogP contribution in [0.25, 0.3) is 0 Å². The van der Waals surface area contributed by atoms with Crippen molar-refractivity contribution >= 4 is 25.3 Å². The quantitative estimate of drug-likeness (QED) is 0.782. The van der Waals surface area contributed by atoms with E-state index in [0.717, 1.165) is 0 Å². The summed E-state index contributed by atoms with van der Waals surface area (Å²) in [4.78, 5) is 7.84. The molecule has 0 heterocycles. The Bertz CT molecular complexity index is 72.8. The first-order valence-electron chi connectivity index (χ1n) is 1.94. The van der Waals surface area contributed by atoms with Gasteiger partial charge < -0.3 is 0 Å². The van der Waals surface area contributed by atoms with Crippen LogP contribution < -0.4 is 0 Å². The van der Waals surface area contributed by atoms with Crippen LogP contribution in [0.5, 0.6) is 0 Å². The fraction of sp³-hybridized carbons (Fsp3) is 1.00. The summed E-state index contributed by atoms with van der Waals surface area (Å²) in [6.07, 6.45) is 0. The van der Waals surface area contributed by atoms with Gasteiger partial charge in [-0.2, -0.15) is 0 Å². The molecule has 54 valence electrons. The molecule has 9 heavy (non-hydrogen) atoms. The van der Waals surface area contributed by atoms with Crippen LogP contribution in [0.1, 0.15) is 6.92 Å². The van der Waals surface area contributed by atoms with Gasteiger partial charge in [-0.25, -0.2) is 0 Å². The number of rotatable bonds is 2. The zero-order valence-corrected chi connectivity index (χ0v) is 9.54. The van der Waals surface area contributed by atoms with E-state index < -0.39 is 29.1 Å². The van der Waals surface area contributed by atoms with Crippen LogP contribution in [0, 0.1) is 0 Å². The molecule has 0 fully saturated rings. The van der Waals surface area contributed by atoms with Gasteiger partial charge in [0.15, 0.2) is 0 Å². The second-order valence-electron chi connectivity index (χ2n) is 0.727. The Balaban J connectivity index is 0. The molecule has 3 nitrogen and oxygen atoms in total. The molecule has 1 atom stereocenters. The standard InChI is InChI=1S/C2H5O3P.2ClH.Zr/c1-2-5-6(3)4;;;/h2H2,1H3;2*1H;/q;;;+2/p-1. The van der Waals surface area contributed by atoms with E-state index in [1.165, 1.54) is 0 Å². The van der Waals surface area contributed by atoms with Crippen LogP contribution in [0.3, 0.4) is 0 Å². The van der Waals surface area contributed by atoms with E-state index in [9.17, 15) is 4.57 Å². The summed E-state index contributed by atoms with van der Waals surface area (Å²) in [5.74, 6) is 0. The Morgan fingerprint density at radius 3 is 2.11 bits per heavy atom. The van der Waals surface area contributed by atoms with Gasteiger partial charge in [0.2, 0.25) is 0 Å². The van der Waals surface area contributed by atoms with E-state index in [1.54, 1.807) is 6.92 Å². The van der Waals surface area contributed by atoms with Gasteiger partial charge in [0.1, 0.15) is 6.61 Å². The third-order valence-corrected chi connectivity index (χ3v) is 0.719. The molecule has 0 saturated carbocycles. The molecule has 0 aromatic carbocycles. The summed E-state index contributed by atoms with van der Waals surface area (Å²) in [7, 11) is 7.52. The number of halogens is 2. The molecule has 1 unspecified atom stereocenters. The van der Waals surface area contributed by atoms with Crippen molar-refractivity contribution in [1.29, 1.82) is 0 Å². The van der Waals surface area contributed by atoms with Gasteiger partial charge in [0.05, 0.1) is 0 Å². The Morgan fingerprint density at radius 1 is 1.78 bits per heavy atom. The van der Waals surface area contributed by atoms with E-state index in [1.807, 2.05) is 0 Å². The molecular weight excluding hydrogens is 265 g/mol. The van der Waals surface area contributed by atoms with Gasteiger partial charge in [-0.15, -0.1) is 9.42 Å². The summed E-state index contributed by atoms with van der Waals surface area (Å²) in [6, 6.07) is 0. The van der Waals surface area contributed by atoms with Crippen LogP contribution in [-0.2, 0) is 29.9 Å². The monoisotopic (exact) mass is 269 g/mol. The normalized spacial score (nSPS) is 9.11. The third kappa shape index (κ3) is 26.4. The molecular formula is C2H6Cl2O3PZr+. The average molecular weight is 271 g/mol.